The van der Waals surface area contributed by atoms with Crippen LogP contribution in [0.1, 0.15) is 18.1 Å². The number of nitrogens with one attached hydrogen (secondary N) is 2. The molecule has 1 aromatic heterocycles. The molecule has 26 heavy (non-hydrogen) atoms. The Labute approximate surface area is 173 Å². The summed E-state index contributed by atoms with van der Waals surface area (Å²) in [4.78, 5) is 4.59. The number of hydrogen-bond donors (Lipinski definition) is 2. The number of aromatic nitrogens is 1. The van der Waals surface area contributed by atoms with E-state index in [0.29, 0.717) is 26.3 Å². The molecule has 6 nitrogen and oxygen atoms in total. The average Bonchev–Trinajstić information content (AvgIpc) is 3.05. The lowest BCUT2D eigenvalue weighted by Crippen LogP contribution is -2.38. The van der Waals surface area contributed by atoms with E-state index in [1.165, 1.54) is 5.56 Å². The molecule has 1 aromatic carbocycles. The maximum atomic E-state index is 5.73. The van der Waals surface area contributed by atoms with Crippen LogP contribution in [0.5, 0.6) is 5.75 Å². The third-order valence-corrected chi connectivity index (χ3v) is 3.65. The van der Waals surface area contributed by atoms with Gasteiger partial charge in [-0.25, -0.2) is 4.99 Å². The first-order chi connectivity index (χ1) is 12.2. The van der Waals surface area contributed by atoms with Gasteiger partial charge in [-0.1, -0.05) is 18.2 Å². The Kier molecular flexibility index (Phi) is 10.8. The minimum Gasteiger partial charge on any atom is -0.496 e. The Morgan fingerprint density at radius 2 is 2.00 bits per heavy atom. The molecule has 0 aliphatic carbocycles. The predicted octanol–water partition coefficient (Wildman–Crippen LogP) is 2.92. The summed E-state index contributed by atoms with van der Waals surface area (Å²) in [5.74, 6) is 1.65. The highest BCUT2D eigenvalue weighted by atomic mass is 127. The summed E-state index contributed by atoms with van der Waals surface area (Å²) in [5.41, 5.74) is 2.24. The van der Waals surface area contributed by atoms with Crippen molar-refractivity contribution < 1.29 is 9.47 Å². The second kappa shape index (κ2) is 12.6. The molecular weight excluding hydrogens is 443 g/mol. The zero-order valence-electron chi connectivity index (χ0n) is 15.7. The fraction of sp³-hybridized carbons (Fsp3) is 0.421. The van der Waals surface area contributed by atoms with Crippen LogP contribution in [0.4, 0.5) is 0 Å². The van der Waals surface area contributed by atoms with Gasteiger partial charge in [0.25, 0.3) is 0 Å². The molecule has 2 N–H and O–H groups in total. The highest BCUT2D eigenvalue weighted by Crippen LogP contribution is 2.17. The van der Waals surface area contributed by atoms with Gasteiger partial charge >= 0.3 is 0 Å². The summed E-state index contributed by atoms with van der Waals surface area (Å²) < 4.78 is 13.1. The first-order valence-electron chi connectivity index (χ1n) is 8.55. The standard InChI is InChI=1S/C19H28N4O2.HI/c1-4-20-19(22-13-16-9-11-23(2)14-16)21-10-12-25-15-17-7-5-6-8-18(17)24-3;/h5-9,11,14H,4,10,12-13,15H2,1-3H3,(H2,20,21,22);1H. The number of aryl methyl sites for hydroxylation is 1. The molecular formula is C19H29IN4O2. The smallest absolute Gasteiger partial charge is 0.191 e. The molecule has 0 aliphatic rings. The molecule has 0 fully saturated rings. The van der Waals surface area contributed by atoms with E-state index in [-0.39, 0.29) is 24.0 Å². The van der Waals surface area contributed by atoms with Gasteiger partial charge < -0.3 is 24.7 Å². The zero-order valence-corrected chi connectivity index (χ0v) is 18.0. The molecule has 0 atom stereocenters. The highest BCUT2D eigenvalue weighted by Gasteiger charge is 2.02. The average molecular weight is 472 g/mol. The predicted molar refractivity (Wildman–Crippen MR) is 116 cm³/mol. The van der Waals surface area contributed by atoms with Crippen LogP contribution < -0.4 is 15.4 Å². The first-order valence-corrected chi connectivity index (χ1v) is 8.55. The van der Waals surface area contributed by atoms with Crippen LogP contribution in [-0.4, -0.2) is 37.3 Å². The molecule has 0 radical (unpaired) electrons. The van der Waals surface area contributed by atoms with Crippen molar-refractivity contribution in [3.8, 4) is 5.75 Å². The number of methoxy groups -OCH3 is 1. The van der Waals surface area contributed by atoms with E-state index in [1.54, 1.807) is 7.11 Å². The number of hydrogen-bond acceptors (Lipinski definition) is 3. The van der Waals surface area contributed by atoms with Crippen molar-refractivity contribution in [3.63, 3.8) is 0 Å². The summed E-state index contributed by atoms with van der Waals surface area (Å²) in [6.07, 6.45) is 4.10. The van der Waals surface area contributed by atoms with Crippen LogP contribution in [0.15, 0.2) is 47.7 Å². The van der Waals surface area contributed by atoms with Gasteiger partial charge in [0.2, 0.25) is 0 Å². The molecule has 0 aliphatic heterocycles. The third kappa shape index (κ3) is 7.65. The summed E-state index contributed by atoms with van der Waals surface area (Å²) >= 11 is 0. The fourth-order valence-electron chi connectivity index (χ4n) is 2.41. The van der Waals surface area contributed by atoms with Crippen molar-refractivity contribution >= 4 is 29.9 Å². The summed E-state index contributed by atoms with van der Waals surface area (Å²) in [6, 6.07) is 9.96. The van der Waals surface area contributed by atoms with E-state index < -0.39 is 0 Å². The van der Waals surface area contributed by atoms with E-state index in [9.17, 15) is 0 Å². The Morgan fingerprint density at radius 3 is 2.69 bits per heavy atom. The van der Waals surface area contributed by atoms with Gasteiger partial charge in [-0.05, 0) is 24.6 Å². The molecule has 0 saturated heterocycles. The maximum Gasteiger partial charge on any atom is 0.191 e. The van der Waals surface area contributed by atoms with Crippen molar-refractivity contribution in [2.24, 2.45) is 12.0 Å². The van der Waals surface area contributed by atoms with E-state index in [0.717, 1.165) is 23.8 Å². The zero-order chi connectivity index (χ0) is 17.9. The van der Waals surface area contributed by atoms with Gasteiger partial charge in [0, 0.05) is 38.1 Å². The molecule has 0 amide bonds. The fourth-order valence-corrected chi connectivity index (χ4v) is 2.41. The minimum absolute atomic E-state index is 0. The van der Waals surface area contributed by atoms with Crippen LogP contribution in [0, 0.1) is 0 Å². The largest absolute Gasteiger partial charge is 0.496 e. The number of halogens is 1. The van der Waals surface area contributed by atoms with Crippen LogP contribution in [0.3, 0.4) is 0 Å². The molecule has 2 rings (SSSR count). The first kappa shape index (κ1) is 22.3. The Balaban J connectivity index is 0.00000338. The third-order valence-electron chi connectivity index (χ3n) is 3.65. The highest BCUT2D eigenvalue weighted by molar-refractivity contribution is 14.0. The Morgan fingerprint density at radius 1 is 1.19 bits per heavy atom. The number of rotatable bonds is 9. The van der Waals surface area contributed by atoms with Gasteiger partial charge in [-0.15, -0.1) is 24.0 Å². The number of ether oxygens (including phenoxy) is 2. The molecule has 7 heteroatoms. The van der Waals surface area contributed by atoms with Crippen LogP contribution in [0.25, 0.3) is 0 Å². The van der Waals surface area contributed by atoms with E-state index in [2.05, 4.69) is 34.8 Å². The van der Waals surface area contributed by atoms with Gasteiger partial charge in [0.1, 0.15) is 5.75 Å². The van der Waals surface area contributed by atoms with E-state index in [1.807, 2.05) is 42.1 Å². The number of para-hydroxylation sites is 1. The number of aliphatic imine (C=N–C) groups is 1. The van der Waals surface area contributed by atoms with Crippen LogP contribution >= 0.6 is 24.0 Å². The monoisotopic (exact) mass is 472 g/mol. The van der Waals surface area contributed by atoms with Gasteiger partial charge in [-0.2, -0.15) is 0 Å². The van der Waals surface area contributed by atoms with Gasteiger partial charge in [0.05, 0.1) is 26.9 Å². The molecule has 0 spiro atoms. The molecule has 2 aromatic rings. The van der Waals surface area contributed by atoms with Crippen molar-refractivity contribution in [1.29, 1.82) is 0 Å². The number of nitrogens with zero attached hydrogens (tertiary/aromatic N) is 2. The lowest BCUT2D eigenvalue weighted by atomic mass is 10.2. The summed E-state index contributed by atoms with van der Waals surface area (Å²) in [7, 11) is 3.68. The SMILES string of the molecule is CCNC(=NCc1ccn(C)c1)NCCOCc1ccccc1OC.I. The van der Waals surface area contributed by atoms with E-state index in [4.69, 9.17) is 9.47 Å². The molecule has 0 unspecified atom stereocenters. The normalized spacial score (nSPS) is 11.0. The van der Waals surface area contributed by atoms with Gasteiger partial charge in [0.15, 0.2) is 5.96 Å². The van der Waals surface area contributed by atoms with Crippen molar-refractivity contribution in [3.05, 3.63) is 53.9 Å². The lowest BCUT2D eigenvalue weighted by Gasteiger charge is -2.12. The second-order valence-corrected chi connectivity index (χ2v) is 5.67. The quantitative estimate of drug-likeness (QED) is 0.255. The van der Waals surface area contributed by atoms with E-state index >= 15 is 0 Å². The summed E-state index contributed by atoms with van der Waals surface area (Å²) in [6.45, 7) is 5.34. The van der Waals surface area contributed by atoms with Crippen molar-refractivity contribution in [1.82, 2.24) is 15.2 Å². The Bertz CT molecular complexity index is 673. The van der Waals surface area contributed by atoms with Crippen molar-refractivity contribution in [2.75, 3.05) is 26.8 Å². The molecule has 0 bridgehead atoms. The van der Waals surface area contributed by atoms with Crippen molar-refractivity contribution in [2.45, 2.75) is 20.1 Å². The Hall–Kier alpha value is -1.74. The number of guanidine groups is 1. The maximum absolute atomic E-state index is 5.73. The number of benzene rings is 1. The minimum atomic E-state index is 0. The topological polar surface area (TPSA) is 59.8 Å². The van der Waals surface area contributed by atoms with Crippen LogP contribution in [0.2, 0.25) is 0 Å². The molecule has 1 heterocycles. The van der Waals surface area contributed by atoms with Crippen LogP contribution in [-0.2, 0) is 24.9 Å². The molecule has 144 valence electrons. The summed E-state index contributed by atoms with van der Waals surface area (Å²) in [5, 5.41) is 6.53. The lowest BCUT2D eigenvalue weighted by molar-refractivity contribution is 0.123. The molecule has 0 saturated carbocycles. The van der Waals surface area contributed by atoms with Gasteiger partial charge in [-0.3, -0.25) is 0 Å². The second-order valence-electron chi connectivity index (χ2n) is 5.67.